The second-order valence-electron chi connectivity index (χ2n) is 5.43. The van der Waals surface area contributed by atoms with Gasteiger partial charge in [0.25, 0.3) is 10.0 Å². The molecule has 0 aromatic carbocycles. The van der Waals surface area contributed by atoms with E-state index >= 15 is 0 Å². The van der Waals surface area contributed by atoms with Gasteiger partial charge in [-0.1, -0.05) is 13.8 Å². The van der Waals surface area contributed by atoms with Gasteiger partial charge in [-0.15, -0.1) is 0 Å². The first kappa shape index (κ1) is 16.3. The van der Waals surface area contributed by atoms with Gasteiger partial charge in [-0.2, -0.15) is 0 Å². The second kappa shape index (κ2) is 5.98. The van der Waals surface area contributed by atoms with Crippen LogP contribution in [-0.2, 0) is 16.4 Å². The molecule has 0 aliphatic rings. The molecule has 0 atom stereocenters. The summed E-state index contributed by atoms with van der Waals surface area (Å²) in [5.74, 6) is 1.16. The molecule has 0 saturated heterocycles. The maximum atomic E-state index is 11.5. The summed E-state index contributed by atoms with van der Waals surface area (Å²) in [6.07, 6.45) is 3.62. The molecule has 22 heavy (non-hydrogen) atoms. The summed E-state index contributed by atoms with van der Waals surface area (Å²) in [5, 5.41) is 5.00. The average Bonchev–Trinajstić information content (AvgIpc) is 2.40. The Bertz CT molecular complexity index is 803. The van der Waals surface area contributed by atoms with Crippen molar-refractivity contribution in [1.82, 2.24) is 15.0 Å². The van der Waals surface area contributed by atoms with Crippen molar-refractivity contribution < 1.29 is 8.42 Å². The minimum atomic E-state index is -3.85. The Balaban J connectivity index is 2.51. The third kappa shape index (κ3) is 3.58. The van der Waals surface area contributed by atoms with Crippen molar-refractivity contribution in [2.45, 2.75) is 38.1 Å². The smallest absolute Gasteiger partial charge is 0.255 e. The van der Waals surface area contributed by atoms with Crippen LogP contribution in [0.5, 0.6) is 0 Å². The standard InChI is InChI=1S/C14H19N5O2S/c1-8(2)12-7-18-13(22(16,20)21)5-10(12)4-11-6-17-9(3)19-14(11)15/h5-8H,4H2,1-3H3,(H2,15,17,19)(H2,16,20,21). The van der Waals surface area contributed by atoms with Crippen molar-refractivity contribution in [3.05, 3.63) is 41.0 Å². The van der Waals surface area contributed by atoms with Crippen molar-refractivity contribution in [3.8, 4) is 0 Å². The Morgan fingerprint density at radius 3 is 2.41 bits per heavy atom. The van der Waals surface area contributed by atoms with Crippen molar-refractivity contribution in [2.75, 3.05) is 5.73 Å². The van der Waals surface area contributed by atoms with Crippen LogP contribution in [0.15, 0.2) is 23.5 Å². The summed E-state index contributed by atoms with van der Waals surface area (Å²) < 4.78 is 23.0. The molecular weight excluding hydrogens is 302 g/mol. The van der Waals surface area contributed by atoms with E-state index < -0.39 is 10.0 Å². The number of rotatable bonds is 4. The summed E-state index contributed by atoms with van der Waals surface area (Å²) >= 11 is 0. The Kier molecular flexibility index (Phi) is 4.43. The number of nitrogens with two attached hydrogens (primary N) is 2. The highest BCUT2D eigenvalue weighted by Crippen LogP contribution is 2.24. The van der Waals surface area contributed by atoms with Crippen LogP contribution in [0.3, 0.4) is 0 Å². The Labute approximate surface area is 129 Å². The summed E-state index contributed by atoms with van der Waals surface area (Å²) in [7, 11) is -3.85. The van der Waals surface area contributed by atoms with Crippen LogP contribution >= 0.6 is 0 Å². The summed E-state index contributed by atoms with van der Waals surface area (Å²) in [6, 6.07) is 1.49. The van der Waals surface area contributed by atoms with Gasteiger partial charge in [0.15, 0.2) is 5.03 Å². The van der Waals surface area contributed by atoms with E-state index in [4.69, 9.17) is 10.9 Å². The predicted octanol–water partition coefficient (Wildman–Crippen LogP) is 1.12. The quantitative estimate of drug-likeness (QED) is 0.869. The van der Waals surface area contributed by atoms with Gasteiger partial charge in [0.05, 0.1) is 0 Å². The van der Waals surface area contributed by atoms with Crippen LogP contribution in [-0.4, -0.2) is 23.4 Å². The zero-order valence-corrected chi connectivity index (χ0v) is 13.6. The Hall–Kier alpha value is -2.06. The number of primary sulfonamides is 1. The molecule has 2 heterocycles. The maximum Gasteiger partial charge on any atom is 0.255 e. The number of sulfonamides is 1. The lowest BCUT2D eigenvalue weighted by Crippen LogP contribution is -2.15. The minimum Gasteiger partial charge on any atom is -0.383 e. The Morgan fingerprint density at radius 1 is 1.18 bits per heavy atom. The monoisotopic (exact) mass is 321 g/mol. The summed E-state index contributed by atoms with van der Waals surface area (Å²) in [6.45, 7) is 5.77. The molecule has 0 aliphatic carbocycles. The zero-order chi connectivity index (χ0) is 16.5. The molecule has 118 valence electrons. The molecule has 0 amide bonds. The third-order valence-electron chi connectivity index (χ3n) is 3.31. The lowest BCUT2D eigenvalue weighted by Gasteiger charge is -2.14. The van der Waals surface area contributed by atoms with E-state index in [1.165, 1.54) is 6.07 Å². The first-order valence-corrected chi connectivity index (χ1v) is 8.32. The van der Waals surface area contributed by atoms with E-state index in [1.54, 1.807) is 19.3 Å². The largest absolute Gasteiger partial charge is 0.383 e. The van der Waals surface area contributed by atoms with Crippen LogP contribution in [0.4, 0.5) is 5.82 Å². The number of pyridine rings is 1. The van der Waals surface area contributed by atoms with Crippen LogP contribution in [0.2, 0.25) is 0 Å². The molecule has 2 rings (SSSR count). The summed E-state index contributed by atoms with van der Waals surface area (Å²) in [4.78, 5) is 12.2. The third-order valence-corrected chi connectivity index (χ3v) is 4.12. The minimum absolute atomic E-state index is 0.154. The Morgan fingerprint density at radius 2 is 1.86 bits per heavy atom. The van der Waals surface area contributed by atoms with E-state index in [0.717, 1.165) is 16.7 Å². The van der Waals surface area contributed by atoms with Crippen LogP contribution in [0, 0.1) is 6.92 Å². The number of nitrogens with zero attached hydrogens (tertiary/aromatic N) is 3. The van der Waals surface area contributed by atoms with Crippen LogP contribution < -0.4 is 10.9 Å². The average molecular weight is 321 g/mol. The molecule has 0 bridgehead atoms. The highest BCUT2D eigenvalue weighted by atomic mass is 32.2. The second-order valence-corrected chi connectivity index (χ2v) is 6.93. The van der Waals surface area contributed by atoms with E-state index in [2.05, 4.69) is 15.0 Å². The molecule has 0 aliphatic heterocycles. The number of hydrogen-bond acceptors (Lipinski definition) is 6. The molecule has 0 unspecified atom stereocenters. The molecule has 7 nitrogen and oxygen atoms in total. The van der Waals surface area contributed by atoms with E-state index in [0.29, 0.717) is 18.1 Å². The van der Waals surface area contributed by atoms with E-state index in [1.807, 2.05) is 13.8 Å². The predicted molar refractivity (Wildman–Crippen MR) is 83.7 cm³/mol. The maximum absolute atomic E-state index is 11.5. The number of aryl methyl sites for hydroxylation is 1. The zero-order valence-electron chi connectivity index (χ0n) is 12.7. The fourth-order valence-corrected chi connectivity index (χ4v) is 2.67. The molecule has 2 aromatic heterocycles. The van der Waals surface area contributed by atoms with Gasteiger partial charge >= 0.3 is 0 Å². The van der Waals surface area contributed by atoms with Gasteiger partial charge < -0.3 is 5.73 Å². The van der Waals surface area contributed by atoms with Gasteiger partial charge in [-0.05, 0) is 30.0 Å². The highest BCUT2D eigenvalue weighted by Gasteiger charge is 2.16. The SMILES string of the molecule is Cc1ncc(Cc2cc(S(N)(=O)=O)ncc2C(C)C)c(N)n1. The molecular formula is C14H19N5O2S. The number of aromatic nitrogens is 3. The van der Waals surface area contributed by atoms with Crippen molar-refractivity contribution >= 4 is 15.8 Å². The molecule has 4 N–H and O–H groups in total. The normalized spacial score (nSPS) is 11.9. The highest BCUT2D eigenvalue weighted by molar-refractivity contribution is 7.89. The summed E-state index contributed by atoms with van der Waals surface area (Å²) in [5.41, 5.74) is 8.38. The fraction of sp³-hybridized carbons (Fsp3) is 0.357. The van der Waals surface area contributed by atoms with E-state index in [9.17, 15) is 8.42 Å². The number of nitrogen functional groups attached to an aromatic ring is 1. The number of anilines is 1. The fourth-order valence-electron chi connectivity index (χ4n) is 2.17. The molecule has 0 fully saturated rings. The lowest BCUT2D eigenvalue weighted by atomic mass is 9.95. The topological polar surface area (TPSA) is 125 Å². The van der Waals surface area contributed by atoms with Crippen molar-refractivity contribution in [3.63, 3.8) is 0 Å². The molecule has 2 aromatic rings. The van der Waals surface area contributed by atoms with Gasteiger partial charge in [-0.3, -0.25) is 0 Å². The first-order chi connectivity index (χ1) is 10.2. The molecule has 0 spiro atoms. The van der Waals surface area contributed by atoms with Gasteiger partial charge in [0.2, 0.25) is 0 Å². The van der Waals surface area contributed by atoms with Gasteiger partial charge in [0, 0.05) is 24.4 Å². The van der Waals surface area contributed by atoms with Crippen molar-refractivity contribution in [2.24, 2.45) is 5.14 Å². The van der Waals surface area contributed by atoms with E-state index in [-0.39, 0.29) is 10.9 Å². The van der Waals surface area contributed by atoms with Crippen LogP contribution in [0.25, 0.3) is 0 Å². The lowest BCUT2D eigenvalue weighted by molar-refractivity contribution is 0.593. The van der Waals surface area contributed by atoms with Gasteiger partial charge in [0.1, 0.15) is 11.6 Å². The molecule has 0 saturated carbocycles. The van der Waals surface area contributed by atoms with Crippen molar-refractivity contribution in [1.29, 1.82) is 0 Å². The molecule has 0 radical (unpaired) electrons. The first-order valence-electron chi connectivity index (χ1n) is 6.78. The van der Waals surface area contributed by atoms with Crippen LogP contribution in [0.1, 0.15) is 42.3 Å². The van der Waals surface area contributed by atoms with Gasteiger partial charge in [-0.25, -0.2) is 28.5 Å². The number of hydrogen-bond donors (Lipinski definition) is 2. The molecule has 8 heteroatoms.